The molecule has 0 aliphatic carbocycles. The summed E-state index contributed by atoms with van der Waals surface area (Å²) in [5.41, 5.74) is 6.95. The third-order valence-electron chi connectivity index (χ3n) is 2.16. The highest BCUT2D eigenvalue weighted by Crippen LogP contribution is 2.29. The number of hydrogen-bond donors (Lipinski definition) is 1. The first-order valence-electron chi connectivity index (χ1n) is 4.80. The van der Waals surface area contributed by atoms with Crippen molar-refractivity contribution >= 4 is 5.69 Å². The van der Waals surface area contributed by atoms with Gasteiger partial charge in [-0.2, -0.15) is 0 Å². The second-order valence-electron chi connectivity index (χ2n) is 3.43. The number of aryl methyl sites for hydroxylation is 1. The highest BCUT2D eigenvalue weighted by atomic mass is 19.1. The van der Waals surface area contributed by atoms with E-state index in [1.165, 1.54) is 18.2 Å². The van der Waals surface area contributed by atoms with Crippen molar-refractivity contribution in [1.82, 2.24) is 4.98 Å². The lowest BCUT2D eigenvalue weighted by atomic mass is 10.2. The number of nitrogens with two attached hydrogens (primary N) is 1. The van der Waals surface area contributed by atoms with Gasteiger partial charge in [-0.3, -0.25) is 4.98 Å². The van der Waals surface area contributed by atoms with Gasteiger partial charge in [0.15, 0.2) is 5.75 Å². The fourth-order valence-corrected chi connectivity index (χ4v) is 1.29. The predicted molar refractivity (Wildman–Crippen MR) is 59.9 cm³/mol. The van der Waals surface area contributed by atoms with Gasteiger partial charge in [-0.25, -0.2) is 4.39 Å². The molecule has 0 amide bonds. The fourth-order valence-electron chi connectivity index (χ4n) is 1.29. The van der Waals surface area contributed by atoms with E-state index in [2.05, 4.69) is 4.98 Å². The van der Waals surface area contributed by atoms with Crippen molar-refractivity contribution in [3.63, 3.8) is 0 Å². The molecule has 1 aromatic heterocycles. The number of benzene rings is 1. The highest BCUT2D eigenvalue weighted by Gasteiger charge is 2.05. The summed E-state index contributed by atoms with van der Waals surface area (Å²) in [7, 11) is 0. The summed E-state index contributed by atoms with van der Waals surface area (Å²) < 4.78 is 18.5. The molecule has 16 heavy (non-hydrogen) atoms. The SMILES string of the molecule is Cc1cnccc1Oc1cc(F)ccc1N. The van der Waals surface area contributed by atoms with E-state index in [0.717, 1.165) is 5.56 Å². The summed E-state index contributed by atoms with van der Waals surface area (Å²) in [6.07, 6.45) is 3.28. The van der Waals surface area contributed by atoms with Crippen molar-refractivity contribution < 1.29 is 9.13 Å². The summed E-state index contributed by atoms with van der Waals surface area (Å²) in [6.45, 7) is 1.86. The standard InChI is InChI=1S/C12H11FN2O/c1-8-7-15-5-4-11(8)16-12-6-9(13)2-3-10(12)14/h2-7H,14H2,1H3. The average molecular weight is 218 g/mol. The van der Waals surface area contributed by atoms with Crippen LogP contribution in [0.5, 0.6) is 11.5 Å². The quantitative estimate of drug-likeness (QED) is 0.788. The molecule has 2 aromatic rings. The predicted octanol–water partition coefficient (Wildman–Crippen LogP) is 2.90. The Hall–Kier alpha value is -2.10. The smallest absolute Gasteiger partial charge is 0.153 e. The Morgan fingerprint density at radius 2 is 2.06 bits per heavy atom. The van der Waals surface area contributed by atoms with E-state index in [1.54, 1.807) is 18.5 Å². The van der Waals surface area contributed by atoms with Gasteiger partial charge in [-0.1, -0.05) is 0 Å². The molecule has 3 nitrogen and oxygen atoms in total. The van der Waals surface area contributed by atoms with Gasteiger partial charge < -0.3 is 10.5 Å². The largest absolute Gasteiger partial charge is 0.455 e. The molecule has 4 heteroatoms. The number of hydrogen-bond acceptors (Lipinski definition) is 3. The zero-order valence-corrected chi connectivity index (χ0v) is 8.77. The molecule has 0 saturated heterocycles. The van der Waals surface area contributed by atoms with Gasteiger partial charge in [0.1, 0.15) is 11.6 Å². The molecular formula is C12H11FN2O. The molecule has 2 rings (SSSR count). The number of anilines is 1. The van der Waals surface area contributed by atoms with Crippen molar-refractivity contribution in [3.8, 4) is 11.5 Å². The van der Waals surface area contributed by atoms with Crippen LogP contribution >= 0.6 is 0 Å². The number of rotatable bonds is 2. The summed E-state index contributed by atoms with van der Waals surface area (Å²) in [6, 6.07) is 5.73. The number of nitrogens with zero attached hydrogens (tertiary/aromatic N) is 1. The van der Waals surface area contributed by atoms with Gasteiger partial charge in [0.05, 0.1) is 5.69 Å². The lowest BCUT2D eigenvalue weighted by molar-refractivity contribution is 0.475. The van der Waals surface area contributed by atoms with Gasteiger partial charge in [0.25, 0.3) is 0 Å². The Morgan fingerprint density at radius 1 is 1.25 bits per heavy atom. The van der Waals surface area contributed by atoms with Crippen LogP contribution in [0.4, 0.5) is 10.1 Å². The minimum Gasteiger partial charge on any atom is -0.455 e. The minimum absolute atomic E-state index is 0.314. The van der Waals surface area contributed by atoms with Crippen LogP contribution in [-0.4, -0.2) is 4.98 Å². The Kier molecular flexibility index (Phi) is 2.72. The molecule has 2 N–H and O–H groups in total. The van der Waals surface area contributed by atoms with Crippen molar-refractivity contribution in [3.05, 3.63) is 48.0 Å². The van der Waals surface area contributed by atoms with Crippen molar-refractivity contribution in [2.75, 3.05) is 5.73 Å². The van der Waals surface area contributed by atoms with Crippen molar-refractivity contribution in [2.45, 2.75) is 6.92 Å². The molecule has 0 aliphatic rings. The Balaban J connectivity index is 2.34. The second kappa shape index (κ2) is 4.18. The van der Waals surface area contributed by atoms with E-state index < -0.39 is 0 Å². The maximum Gasteiger partial charge on any atom is 0.153 e. The molecule has 1 aromatic carbocycles. The van der Waals surface area contributed by atoms with Crippen molar-refractivity contribution in [1.29, 1.82) is 0 Å². The maximum absolute atomic E-state index is 13.0. The first kappa shape index (κ1) is 10.4. The van der Waals surface area contributed by atoms with Gasteiger partial charge in [0, 0.05) is 24.0 Å². The summed E-state index contributed by atoms with van der Waals surface area (Å²) >= 11 is 0. The van der Waals surface area contributed by atoms with Crippen LogP contribution in [0.15, 0.2) is 36.7 Å². The van der Waals surface area contributed by atoms with E-state index >= 15 is 0 Å². The second-order valence-corrected chi connectivity index (χ2v) is 3.43. The van der Waals surface area contributed by atoms with Crippen LogP contribution in [0, 0.1) is 12.7 Å². The number of halogens is 1. The Morgan fingerprint density at radius 3 is 2.81 bits per heavy atom. The first-order chi connectivity index (χ1) is 7.66. The summed E-state index contributed by atoms with van der Waals surface area (Å²) in [4.78, 5) is 3.94. The molecule has 0 unspecified atom stereocenters. The van der Waals surface area contributed by atoms with Crippen LogP contribution in [0.3, 0.4) is 0 Å². The van der Waals surface area contributed by atoms with Gasteiger partial charge in [-0.15, -0.1) is 0 Å². The monoisotopic (exact) mass is 218 g/mol. The third kappa shape index (κ3) is 2.11. The lowest BCUT2D eigenvalue weighted by Gasteiger charge is -2.09. The van der Waals surface area contributed by atoms with Crippen LogP contribution in [0.25, 0.3) is 0 Å². The average Bonchev–Trinajstić information content (AvgIpc) is 2.27. The Bertz CT molecular complexity index is 514. The van der Waals surface area contributed by atoms with Gasteiger partial charge in [0.2, 0.25) is 0 Å². The Labute approximate surface area is 92.7 Å². The molecule has 0 saturated carbocycles. The molecule has 0 atom stereocenters. The summed E-state index contributed by atoms with van der Waals surface area (Å²) in [5.74, 6) is 0.553. The third-order valence-corrected chi connectivity index (χ3v) is 2.16. The van der Waals surface area contributed by atoms with Gasteiger partial charge in [-0.05, 0) is 25.1 Å². The maximum atomic E-state index is 13.0. The molecular weight excluding hydrogens is 207 g/mol. The molecule has 0 radical (unpaired) electrons. The highest BCUT2D eigenvalue weighted by molar-refractivity contribution is 5.54. The van der Waals surface area contributed by atoms with E-state index in [-0.39, 0.29) is 5.82 Å². The topological polar surface area (TPSA) is 48.1 Å². The number of nitrogen functional groups attached to an aromatic ring is 1. The first-order valence-corrected chi connectivity index (χ1v) is 4.80. The normalized spacial score (nSPS) is 10.1. The van der Waals surface area contributed by atoms with E-state index in [4.69, 9.17) is 10.5 Å². The molecule has 0 aliphatic heterocycles. The number of aromatic nitrogens is 1. The van der Waals surface area contributed by atoms with Crippen LogP contribution in [0.1, 0.15) is 5.56 Å². The lowest BCUT2D eigenvalue weighted by Crippen LogP contribution is -1.94. The minimum atomic E-state index is -0.379. The number of pyridine rings is 1. The van der Waals surface area contributed by atoms with Crippen LogP contribution < -0.4 is 10.5 Å². The molecule has 0 bridgehead atoms. The van der Waals surface area contributed by atoms with Gasteiger partial charge >= 0.3 is 0 Å². The fraction of sp³-hybridized carbons (Fsp3) is 0.0833. The molecule has 0 fully saturated rings. The van der Waals surface area contributed by atoms with Crippen molar-refractivity contribution in [2.24, 2.45) is 0 Å². The molecule has 1 heterocycles. The summed E-state index contributed by atoms with van der Waals surface area (Å²) in [5, 5.41) is 0. The van der Waals surface area contributed by atoms with E-state index in [0.29, 0.717) is 17.2 Å². The van der Waals surface area contributed by atoms with E-state index in [9.17, 15) is 4.39 Å². The zero-order chi connectivity index (χ0) is 11.5. The molecule has 0 spiro atoms. The number of ether oxygens (including phenoxy) is 1. The zero-order valence-electron chi connectivity index (χ0n) is 8.77. The van der Waals surface area contributed by atoms with Crippen LogP contribution in [0.2, 0.25) is 0 Å². The van der Waals surface area contributed by atoms with E-state index in [1.807, 2.05) is 6.92 Å². The molecule has 82 valence electrons. The van der Waals surface area contributed by atoms with Crippen LogP contribution in [-0.2, 0) is 0 Å².